The van der Waals surface area contributed by atoms with E-state index in [0.29, 0.717) is 31.1 Å². The zero-order valence-corrected chi connectivity index (χ0v) is 11.7. The van der Waals surface area contributed by atoms with Crippen LogP contribution in [0.1, 0.15) is 12.0 Å². The number of hydrogen-bond acceptors (Lipinski definition) is 3. The number of carbonyl (C=O) groups is 2. The van der Waals surface area contributed by atoms with Crippen LogP contribution in [0, 0.1) is 5.92 Å². The smallest absolute Gasteiger partial charge is 0.240 e. The van der Waals surface area contributed by atoms with Gasteiger partial charge in [0.25, 0.3) is 0 Å². The lowest BCUT2D eigenvalue weighted by atomic mass is 10.0. The number of benzene rings is 1. The van der Waals surface area contributed by atoms with Gasteiger partial charge in [0.15, 0.2) is 0 Å². The van der Waals surface area contributed by atoms with Gasteiger partial charge in [0.2, 0.25) is 11.8 Å². The topological polar surface area (TPSA) is 81.4 Å². The van der Waals surface area contributed by atoms with Gasteiger partial charge in [-0.2, -0.15) is 0 Å². The molecule has 3 N–H and O–H groups in total. The van der Waals surface area contributed by atoms with Gasteiger partial charge >= 0.3 is 0 Å². The number of amides is 2. The summed E-state index contributed by atoms with van der Waals surface area (Å²) in [6, 6.07) is 6.40. The van der Waals surface area contributed by atoms with Gasteiger partial charge < -0.3 is 15.8 Å². The van der Waals surface area contributed by atoms with Crippen LogP contribution in [0.3, 0.4) is 0 Å². The summed E-state index contributed by atoms with van der Waals surface area (Å²) in [7, 11) is 0. The first-order valence-electron chi connectivity index (χ1n) is 6.48. The molecule has 2 atom stereocenters. The molecule has 1 aliphatic heterocycles. The van der Waals surface area contributed by atoms with Crippen LogP contribution in [0.15, 0.2) is 24.3 Å². The fraction of sp³-hybridized carbons (Fsp3) is 0.429. The molecule has 6 heteroatoms. The van der Waals surface area contributed by atoms with E-state index in [1.165, 1.54) is 0 Å². The largest absolute Gasteiger partial charge is 0.381 e. The Kier molecular flexibility index (Phi) is 4.98. The van der Waals surface area contributed by atoms with Gasteiger partial charge in [-0.05, 0) is 24.1 Å². The highest BCUT2D eigenvalue weighted by Gasteiger charge is 2.27. The van der Waals surface area contributed by atoms with Gasteiger partial charge in [0.1, 0.15) is 6.04 Å². The van der Waals surface area contributed by atoms with Gasteiger partial charge in [0.05, 0.1) is 12.5 Å². The van der Waals surface area contributed by atoms with E-state index in [1.807, 2.05) is 6.07 Å². The van der Waals surface area contributed by atoms with Crippen molar-refractivity contribution in [2.75, 3.05) is 13.2 Å². The minimum atomic E-state index is -0.735. The zero-order valence-electron chi connectivity index (χ0n) is 11.0. The standard InChI is InChI=1S/C14H17ClN2O3/c15-11-3-1-2-9(6-11)7-12(13(16)18)17-14(19)10-4-5-20-8-10/h1-3,6,10,12H,4-5,7-8H2,(H2,16,18)(H,17,19)/t10-,12-/m0/s1. The Morgan fingerprint density at radius 2 is 2.30 bits per heavy atom. The van der Waals surface area contributed by atoms with Crippen LogP contribution in [0.5, 0.6) is 0 Å². The molecule has 20 heavy (non-hydrogen) atoms. The molecule has 1 heterocycles. The summed E-state index contributed by atoms with van der Waals surface area (Å²) >= 11 is 5.90. The lowest BCUT2D eigenvalue weighted by Crippen LogP contribution is -2.48. The predicted octanol–water partition coefficient (Wildman–Crippen LogP) is 0.889. The first-order valence-corrected chi connectivity index (χ1v) is 6.86. The Labute approximate surface area is 122 Å². The minimum Gasteiger partial charge on any atom is -0.381 e. The van der Waals surface area contributed by atoms with Crippen LogP contribution >= 0.6 is 11.6 Å². The monoisotopic (exact) mass is 296 g/mol. The number of carbonyl (C=O) groups excluding carboxylic acids is 2. The summed E-state index contributed by atoms with van der Waals surface area (Å²) in [5, 5.41) is 3.27. The first-order chi connectivity index (χ1) is 9.56. The van der Waals surface area contributed by atoms with Crippen molar-refractivity contribution in [2.45, 2.75) is 18.9 Å². The quantitative estimate of drug-likeness (QED) is 0.846. The molecule has 5 nitrogen and oxygen atoms in total. The molecule has 0 aliphatic carbocycles. The molecule has 0 spiro atoms. The lowest BCUT2D eigenvalue weighted by Gasteiger charge is -2.17. The minimum absolute atomic E-state index is 0.187. The molecule has 1 saturated heterocycles. The maximum absolute atomic E-state index is 12.0. The van der Waals surface area contributed by atoms with Crippen LogP contribution in [0.25, 0.3) is 0 Å². The summed E-state index contributed by atoms with van der Waals surface area (Å²) < 4.78 is 5.16. The number of nitrogens with two attached hydrogens (primary N) is 1. The third-order valence-electron chi connectivity index (χ3n) is 3.29. The summed E-state index contributed by atoms with van der Waals surface area (Å²) in [5.74, 6) is -0.943. The van der Waals surface area contributed by atoms with Crippen molar-refractivity contribution in [3.05, 3.63) is 34.9 Å². The Bertz CT molecular complexity index is 501. The third-order valence-corrected chi connectivity index (χ3v) is 3.52. The number of halogens is 1. The number of primary amides is 1. The molecule has 0 saturated carbocycles. The Morgan fingerprint density at radius 1 is 1.50 bits per heavy atom. The van der Waals surface area contributed by atoms with E-state index >= 15 is 0 Å². The van der Waals surface area contributed by atoms with E-state index in [-0.39, 0.29) is 11.8 Å². The lowest BCUT2D eigenvalue weighted by molar-refractivity contribution is -0.129. The van der Waals surface area contributed by atoms with Crippen LogP contribution in [0.4, 0.5) is 0 Å². The highest BCUT2D eigenvalue weighted by atomic mass is 35.5. The van der Waals surface area contributed by atoms with Crippen molar-refractivity contribution < 1.29 is 14.3 Å². The molecule has 0 unspecified atom stereocenters. The van der Waals surface area contributed by atoms with E-state index in [1.54, 1.807) is 18.2 Å². The van der Waals surface area contributed by atoms with Crippen LogP contribution in [-0.4, -0.2) is 31.1 Å². The SMILES string of the molecule is NC(=O)[C@H](Cc1cccc(Cl)c1)NC(=O)[C@H]1CCOC1. The van der Waals surface area contributed by atoms with Crippen molar-refractivity contribution in [2.24, 2.45) is 11.7 Å². The second kappa shape index (κ2) is 6.72. The molecule has 2 rings (SSSR count). The molecule has 2 amide bonds. The molecule has 1 aromatic rings. The highest BCUT2D eigenvalue weighted by Crippen LogP contribution is 2.14. The summed E-state index contributed by atoms with van der Waals surface area (Å²) in [5.41, 5.74) is 6.20. The Morgan fingerprint density at radius 3 is 2.90 bits per heavy atom. The van der Waals surface area contributed by atoms with E-state index in [2.05, 4.69) is 5.32 Å². The first kappa shape index (κ1) is 14.8. The summed E-state index contributed by atoms with van der Waals surface area (Å²) in [6.07, 6.45) is 1.00. The second-order valence-corrected chi connectivity index (χ2v) is 5.29. The average molecular weight is 297 g/mol. The number of ether oxygens (including phenoxy) is 1. The summed E-state index contributed by atoms with van der Waals surface area (Å²) in [4.78, 5) is 23.5. The maximum atomic E-state index is 12.0. The Balaban J connectivity index is 2.00. The van der Waals surface area contributed by atoms with Crippen molar-refractivity contribution >= 4 is 23.4 Å². The molecule has 1 aliphatic rings. The normalized spacial score (nSPS) is 19.6. The van der Waals surface area contributed by atoms with E-state index < -0.39 is 11.9 Å². The fourth-order valence-electron chi connectivity index (χ4n) is 2.15. The molecule has 108 valence electrons. The summed E-state index contributed by atoms with van der Waals surface area (Å²) in [6.45, 7) is 0.974. The second-order valence-electron chi connectivity index (χ2n) is 4.86. The number of hydrogen-bond donors (Lipinski definition) is 2. The molecule has 0 aromatic heterocycles. The Hall–Kier alpha value is -1.59. The molecular weight excluding hydrogens is 280 g/mol. The number of rotatable bonds is 5. The van der Waals surface area contributed by atoms with Gasteiger partial charge in [0, 0.05) is 18.1 Å². The van der Waals surface area contributed by atoms with Gasteiger partial charge in [-0.15, -0.1) is 0 Å². The van der Waals surface area contributed by atoms with Crippen molar-refractivity contribution in [3.8, 4) is 0 Å². The van der Waals surface area contributed by atoms with Gasteiger partial charge in [-0.1, -0.05) is 23.7 Å². The molecule has 1 aromatic carbocycles. The van der Waals surface area contributed by atoms with Crippen molar-refractivity contribution in [1.29, 1.82) is 0 Å². The van der Waals surface area contributed by atoms with Gasteiger partial charge in [-0.3, -0.25) is 9.59 Å². The van der Waals surface area contributed by atoms with Crippen LogP contribution < -0.4 is 11.1 Å². The van der Waals surface area contributed by atoms with E-state index in [4.69, 9.17) is 22.1 Å². The molecule has 0 bridgehead atoms. The van der Waals surface area contributed by atoms with Crippen molar-refractivity contribution in [3.63, 3.8) is 0 Å². The number of nitrogens with one attached hydrogen (secondary N) is 1. The zero-order chi connectivity index (χ0) is 14.5. The average Bonchev–Trinajstić information content (AvgIpc) is 2.91. The molecule has 0 radical (unpaired) electrons. The molecule has 1 fully saturated rings. The van der Waals surface area contributed by atoms with Gasteiger partial charge in [-0.25, -0.2) is 0 Å². The van der Waals surface area contributed by atoms with E-state index in [9.17, 15) is 9.59 Å². The van der Waals surface area contributed by atoms with E-state index in [0.717, 1.165) is 5.56 Å². The van der Waals surface area contributed by atoms with Crippen LogP contribution in [-0.2, 0) is 20.7 Å². The van der Waals surface area contributed by atoms with Crippen molar-refractivity contribution in [1.82, 2.24) is 5.32 Å². The maximum Gasteiger partial charge on any atom is 0.240 e. The highest BCUT2D eigenvalue weighted by molar-refractivity contribution is 6.30. The van der Waals surface area contributed by atoms with Crippen LogP contribution in [0.2, 0.25) is 5.02 Å². The fourth-order valence-corrected chi connectivity index (χ4v) is 2.37. The predicted molar refractivity (Wildman–Crippen MR) is 75.2 cm³/mol. The third kappa shape index (κ3) is 3.95. The molecular formula is C14H17ClN2O3.